The number of H-pyrrole nitrogens is 1. The quantitative estimate of drug-likeness (QED) is 0.601. The van der Waals surface area contributed by atoms with Crippen LogP contribution in [0.5, 0.6) is 0 Å². The molecule has 1 unspecified atom stereocenters. The maximum atomic E-state index is 6.47. The molecule has 4 rings (SSSR count). The van der Waals surface area contributed by atoms with E-state index >= 15 is 0 Å². The topological polar surface area (TPSA) is 59.6 Å². The molecule has 0 saturated heterocycles. The highest BCUT2D eigenvalue weighted by Gasteiger charge is 2.16. The van der Waals surface area contributed by atoms with Gasteiger partial charge in [-0.05, 0) is 18.1 Å². The summed E-state index contributed by atoms with van der Waals surface area (Å²) in [7, 11) is 2.00. The van der Waals surface area contributed by atoms with E-state index in [4.69, 9.17) is 10.7 Å². The van der Waals surface area contributed by atoms with Gasteiger partial charge in [0.1, 0.15) is 5.82 Å². The summed E-state index contributed by atoms with van der Waals surface area (Å²) in [4.78, 5) is 8.08. The molecule has 0 aliphatic rings. The van der Waals surface area contributed by atoms with Crippen molar-refractivity contribution in [1.29, 1.82) is 0 Å². The van der Waals surface area contributed by atoms with Crippen molar-refractivity contribution in [2.75, 3.05) is 0 Å². The molecule has 0 spiro atoms. The van der Waals surface area contributed by atoms with Gasteiger partial charge < -0.3 is 15.3 Å². The molecule has 24 heavy (non-hydrogen) atoms. The predicted octanol–water partition coefficient (Wildman–Crippen LogP) is 3.81. The number of imidazole rings is 1. The zero-order valence-electron chi connectivity index (χ0n) is 13.6. The summed E-state index contributed by atoms with van der Waals surface area (Å²) in [5.74, 6) is 0.902. The molecule has 2 heterocycles. The van der Waals surface area contributed by atoms with E-state index in [-0.39, 0.29) is 6.04 Å². The van der Waals surface area contributed by atoms with Gasteiger partial charge in [0, 0.05) is 35.9 Å². The van der Waals surface area contributed by atoms with Crippen molar-refractivity contribution in [3.05, 3.63) is 78.4 Å². The molecule has 0 aliphatic heterocycles. The van der Waals surface area contributed by atoms with Gasteiger partial charge >= 0.3 is 0 Å². The van der Waals surface area contributed by atoms with E-state index in [9.17, 15) is 0 Å². The van der Waals surface area contributed by atoms with Crippen LogP contribution < -0.4 is 5.73 Å². The molecule has 4 aromatic rings. The van der Waals surface area contributed by atoms with E-state index in [0.29, 0.717) is 0 Å². The molecular weight excluding hydrogens is 296 g/mol. The van der Waals surface area contributed by atoms with Crippen LogP contribution in [0.4, 0.5) is 0 Å². The molecule has 0 saturated carbocycles. The second-order valence-electron chi connectivity index (χ2n) is 6.13. The largest absolute Gasteiger partial charge is 0.361 e. The lowest BCUT2D eigenvalue weighted by molar-refractivity contribution is 0.634. The number of nitrogens with one attached hydrogen (secondary N) is 1. The highest BCUT2D eigenvalue weighted by Crippen LogP contribution is 2.25. The Kier molecular flexibility index (Phi) is 3.67. The SMILES string of the molecule is Cn1cc(-c2ccccc2)nc1C(N)Cc1c[nH]c2ccccc12. The number of hydrogen-bond donors (Lipinski definition) is 2. The van der Waals surface area contributed by atoms with Crippen LogP contribution in [0, 0.1) is 0 Å². The highest BCUT2D eigenvalue weighted by molar-refractivity contribution is 5.83. The molecule has 0 amide bonds. The Hall–Kier alpha value is -2.85. The number of nitrogens with zero attached hydrogens (tertiary/aromatic N) is 2. The summed E-state index contributed by atoms with van der Waals surface area (Å²) in [6.45, 7) is 0. The van der Waals surface area contributed by atoms with Crippen LogP contribution in [0.15, 0.2) is 67.0 Å². The summed E-state index contributed by atoms with van der Waals surface area (Å²) in [6.07, 6.45) is 4.84. The Morgan fingerprint density at radius 3 is 2.67 bits per heavy atom. The highest BCUT2D eigenvalue weighted by atomic mass is 15.1. The lowest BCUT2D eigenvalue weighted by atomic mass is 10.1. The van der Waals surface area contributed by atoms with Gasteiger partial charge in [-0.3, -0.25) is 0 Å². The van der Waals surface area contributed by atoms with Crippen LogP contribution in [0.3, 0.4) is 0 Å². The van der Waals surface area contributed by atoms with Crippen molar-refractivity contribution in [2.45, 2.75) is 12.5 Å². The lowest BCUT2D eigenvalue weighted by Crippen LogP contribution is -2.17. The maximum absolute atomic E-state index is 6.47. The van der Waals surface area contributed by atoms with Crippen molar-refractivity contribution in [3.8, 4) is 11.3 Å². The lowest BCUT2D eigenvalue weighted by Gasteiger charge is -2.10. The molecule has 4 nitrogen and oxygen atoms in total. The monoisotopic (exact) mass is 316 g/mol. The van der Waals surface area contributed by atoms with Gasteiger partial charge in [-0.1, -0.05) is 48.5 Å². The first-order valence-electron chi connectivity index (χ1n) is 8.11. The summed E-state index contributed by atoms with van der Waals surface area (Å²) >= 11 is 0. The molecule has 3 N–H and O–H groups in total. The first-order valence-corrected chi connectivity index (χ1v) is 8.11. The first-order chi connectivity index (χ1) is 11.7. The molecule has 2 aromatic carbocycles. The third-order valence-corrected chi connectivity index (χ3v) is 4.43. The number of nitrogens with two attached hydrogens (primary N) is 1. The molecule has 4 heteroatoms. The number of aryl methyl sites for hydroxylation is 1. The second-order valence-corrected chi connectivity index (χ2v) is 6.13. The summed E-state index contributed by atoms with van der Waals surface area (Å²) in [5, 5.41) is 1.23. The number of rotatable bonds is 4. The van der Waals surface area contributed by atoms with E-state index in [2.05, 4.69) is 35.3 Å². The average Bonchev–Trinajstić information content (AvgIpc) is 3.20. The van der Waals surface area contributed by atoms with Crippen LogP contribution in [0.2, 0.25) is 0 Å². The maximum Gasteiger partial charge on any atom is 0.126 e. The molecule has 1 atom stereocenters. The van der Waals surface area contributed by atoms with E-state index < -0.39 is 0 Å². The average molecular weight is 316 g/mol. The van der Waals surface area contributed by atoms with Crippen LogP contribution in [0.1, 0.15) is 17.4 Å². The Labute approximate surface area is 141 Å². The Morgan fingerprint density at radius 2 is 1.83 bits per heavy atom. The van der Waals surface area contributed by atoms with Crippen molar-refractivity contribution in [1.82, 2.24) is 14.5 Å². The smallest absolute Gasteiger partial charge is 0.126 e. The van der Waals surface area contributed by atoms with Crippen LogP contribution in [0.25, 0.3) is 22.2 Å². The number of aromatic nitrogens is 3. The van der Waals surface area contributed by atoms with Crippen molar-refractivity contribution >= 4 is 10.9 Å². The molecule has 0 bridgehead atoms. The van der Waals surface area contributed by atoms with Gasteiger partial charge in [-0.15, -0.1) is 0 Å². The summed E-state index contributed by atoms with van der Waals surface area (Å²) in [5.41, 5.74) is 10.9. The molecule has 0 aliphatic carbocycles. The standard InChI is InChI=1S/C20H20N4/c1-24-13-19(14-7-3-2-4-8-14)23-20(24)17(21)11-15-12-22-18-10-6-5-9-16(15)18/h2-10,12-13,17,22H,11,21H2,1H3. The Balaban J connectivity index is 1.63. The first kappa shape index (κ1) is 14.7. The van der Waals surface area contributed by atoms with Crippen LogP contribution >= 0.6 is 0 Å². The minimum atomic E-state index is -0.147. The van der Waals surface area contributed by atoms with Gasteiger partial charge in [-0.2, -0.15) is 0 Å². The molecule has 0 radical (unpaired) electrons. The third-order valence-electron chi connectivity index (χ3n) is 4.43. The molecule has 120 valence electrons. The van der Waals surface area contributed by atoms with Gasteiger partial charge in [0.15, 0.2) is 0 Å². The summed E-state index contributed by atoms with van der Waals surface area (Å²) < 4.78 is 2.03. The number of aromatic amines is 1. The fraction of sp³-hybridized carbons (Fsp3) is 0.150. The molecule has 0 fully saturated rings. The fourth-order valence-corrected chi connectivity index (χ4v) is 3.20. The van der Waals surface area contributed by atoms with Crippen molar-refractivity contribution in [3.63, 3.8) is 0 Å². The van der Waals surface area contributed by atoms with Crippen LogP contribution in [-0.2, 0) is 13.5 Å². The number of benzene rings is 2. The zero-order valence-corrected chi connectivity index (χ0v) is 13.6. The number of para-hydroxylation sites is 1. The van der Waals surface area contributed by atoms with Crippen LogP contribution in [-0.4, -0.2) is 14.5 Å². The van der Waals surface area contributed by atoms with E-state index in [1.54, 1.807) is 0 Å². The number of hydrogen-bond acceptors (Lipinski definition) is 2. The van der Waals surface area contributed by atoms with E-state index in [0.717, 1.165) is 29.0 Å². The Morgan fingerprint density at radius 1 is 1.08 bits per heavy atom. The van der Waals surface area contributed by atoms with Gasteiger partial charge in [-0.25, -0.2) is 4.98 Å². The minimum absolute atomic E-state index is 0.147. The molecular formula is C20H20N4. The van der Waals surface area contributed by atoms with Gasteiger partial charge in [0.05, 0.1) is 11.7 Å². The van der Waals surface area contributed by atoms with Crippen molar-refractivity contribution < 1.29 is 0 Å². The Bertz CT molecular complexity index is 966. The summed E-state index contributed by atoms with van der Waals surface area (Å²) in [6, 6.07) is 18.3. The van der Waals surface area contributed by atoms with Crippen molar-refractivity contribution in [2.24, 2.45) is 12.8 Å². The third kappa shape index (κ3) is 2.61. The number of fused-ring (bicyclic) bond motifs is 1. The van der Waals surface area contributed by atoms with E-state index in [1.807, 2.05) is 48.3 Å². The molecule has 2 aromatic heterocycles. The van der Waals surface area contributed by atoms with Gasteiger partial charge in [0.25, 0.3) is 0 Å². The predicted molar refractivity (Wildman–Crippen MR) is 97.6 cm³/mol. The van der Waals surface area contributed by atoms with Gasteiger partial charge in [0.2, 0.25) is 0 Å². The minimum Gasteiger partial charge on any atom is -0.361 e. The zero-order chi connectivity index (χ0) is 16.5. The van der Waals surface area contributed by atoms with E-state index in [1.165, 1.54) is 10.9 Å². The normalized spacial score (nSPS) is 12.6. The second kappa shape index (κ2) is 5.98. The fourth-order valence-electron chi connectivity index (χ4n) is 3.20.